The third-order valence-corrected chi connectivity index (χ3v) is 5.62. The Morgan fingerprint density at radius 3 is 2.77 bits per heavy atom. The van der Waals surface area contributed by atoms with E-state index >= 15 is 0 Å². The summed E-state index contributed by atoms with van der Waals surface area (Å²) in [6.45, 7) is 1.91. The summed E-state index contributed by atoms with van der Waals surface area (Å²) in [5.74, 6) is -0.227. The number of anilines is 3. The Balaban J connectivity index is 1.80. The predicted octanol–water partition coefficient (Wildman–Crippen LogP) is 3.23. The van der Waals surface area contributed by atoms with E-state index < -0.39 is 6.09 Å². The van der Waals surface area contributed by atoms with Gasteiger partial charge in [-0.1, -0.05) is 6.42 Å². The Bertz CT molecular complexity index is 706. The normalized spacial score (nSPS) is 25.3. The molecule has 142 valence electrons. The van der Waals surface area contributed by atoms with Crippen LogP contribution in [0.5, 0.6) is 0 Å². The fraction of sp³-hybridized carbons (Fsp3) is 0.579. The number of amides is 1. The molecule has 7 nitrogen and oxygen atoms in total. The van der Waals surface area contributed by atoms with Gasteiger partial charge in [0.2, 0.25) is 0 Å². The van der Waals surface area contributed by atoms with Crippen LogP contribution in [0.3, 0.4) is 0 Å². The first-order valence-corrected chi connectivity index (χ1v) is 9.20. The minimum Gasteiger partial charge on any atom is -0.469 e. The zero-order chi connectivity index (χ0) is 18.8. The Morgan fingerprint density at radius 1 is 1.31 bits per heavy atom. The molecule has 1 aromatic rings. The molecule has 4 N–H and O–H groups in total. The molecule has 0 saturated heterocycles. The van der Waals surface area contributed by atoms with E-state index in [2.05, 4.69) is 5.32 Å². The van der Waals surface area contributed by atoms with Crippen LogP contribution in [0.25, 0.3) is 0 Å². The van der Waals surface area contributed by atoms with E-state index in [9.17, 15) is 14.7 Å². The predicted molar refractivity (Wildman–Crippen MR) is 101 cm³/mol. The molecule has 0 radical (unpaired) electrons. The van der Waals surface area contributed by atoms with E-state index in [1.165, 1.54) is 12.0 Å². The monoisotopic (exact) mass is 361 g/mol. The SMILES string of the molecule is COC(=O)[C@@H]1CCC[C@H](Nc2ccc3c(c2N)CC[C@H](C)N3C(=O)O)C1. The van der Waals surface area contributed by atoms with Crippen LogP contribution in [-0.2, 0) is 16.0 Å². The molecule has 3 rings (SSSR count). The van der Waals surface area contributed by atoms with Gasteiger partial charge in [0, 0.05) is 17.6 Å². The highest BCUT2D eigenvalue weighted by Gasteiger charge is 2.31. The van der Waals surface area contributed by atoms with E-state index in [0.717, 1.165) is 49.8 Å². The van der Waals surface area contributed by atoms with Crippen molar-refractivity contribution in [1.82, 2.24) is 0 Å². The molecule has 0 bridgehead atoms. The Hall–Kier alpha value is -2.44. The quantitative estimate of drug-likeness (QED) is 0.564. The standard InChI is InChI=1S/C19H27N3O4/c1-11-6-7-14-16(22(11)19(24)25)9-8-15(17(14)20)21-13-5-3-4-12(10-13)18(23)26-2/h8-9,11-13,21H,3-7,10,20H2,1-2H3,(H,24,25)/t11-,12+,13-/m0/s1. The number of fused-ring (bicyclic) bond motifs is 1. The first kappa shape index (κ1) is 18.4. The number of nitrogens with one attached hydrogen (secondary N) is 1. The molecular weight excluding hydrogens is 334 g/mol. The van der Waals surface area contributed by atoms with Crippen molar-refractivity contribution in [2.45, 2.75) is 57.5 Å². The highest BCUT2D eigenvalue weighted by molar-refractivity contribution is 5.92. The number of ether oxygens (including phenoxy) is 1. The van der Waals surface area contributed by atoms with Crippen LogP contribution in [0.1, 0.15) is 44.6 Å². The van der Waals surface area contributed by atoms with E-state index in [4.69, 9.17) is 10.5 Å². The van der Waals surface area contributed by atoms with Gasteiger partial charge in [-0.15, -0.1) is 0 Å². The van der Waals surface area contributed by atoms with Crippen LogP contribution in [0.15, 0.2) is 12.1 Å². The van der Waals surface area contributed by atoms with Gasteiger partial charge in [-0.2, -0.15) is 0 Å². The van der Waals surface area contributed by atoms with Gasteiger partial charge in [0.05, 0.1) is 30.1 Å². The molecule has 1 aliphatic heterocycles. The summed E-state index contributed by atoms with van der Waals surface area (Å²) in [7, 11) is 1.43. The first-order chi connectivity index (χ1) is 12.4. The summed E-state index contributed by atoms with van der Waals surface area (Å²) in [6, 6.07) is 3.78. The van der Waals surface area contributed by atoms with Gasteiger partial charge in [0.25, 0.3) is 0 Å². The molecule has 1 aromatic carbocycles. The lowest BCUT2D eigenvalue weighted by atomic mass is 9.85. The van der Waals surface area contributed by atoms with Gasteiger partial charge in [0.15, 0.2) is 0 Å². The second kappa shape index (κ2) is 7.43. The minimum absolute atomic E-state index is 0.0580. The Kier molecular flexibility index (Phi) is 5.25. The average Bonchev–Trinajstić information content (AvgIpc) is 2.63. The van der Waals surface area contributed by atoms with Crippen molar-refractivity contribution < 1.29 is 19.4 Å². The number of rotatable bonds is 3. The Labute approximate surface area is 153 Å². The summed E-state index contributed by atoms with van der Waals surface area (Å²) < 4.78 is 4.88. The van der Waals surface area contributed by atoms with Crippen molar-refractivity contribution in [3.8, 4) is 0 Å². The zero-order valence-corrected chi connectivity index (χ0v) is 15.3. The molecule has 1 amide bonds. The summed E-state index contributed by atoms with van der Waals surface area (Å²) in [5, 5.41) is 13.0. The maximum absolute atomic E-state index is 11.8. The fourth-order valence-electron chi connectivity index (χ4n) is 4.20. The van der Waals surface area contributed by atoms with Crippen LogP contribution in [0.2, 0.25) is 0 Å². The summed E-state index contributed by atoms with van der Waals surface area (Å²) in [4.78, 5) is 24.8. The Morgan fingerprint density at radius 2 is 2.08 bits per heavy atom. The highest BCUT2D eigenvalue weighted by Crippen LogP contribution is 2.39. The zero-order valence-electron chi connectivity index (χ0n) is 15.3. The van der Waals surface area contributed by atoms with Crippen molar-refractivity contribution in [3.05, 3.63) is 17.7 Å². The van der Waals surface area contributed by atoms with Gasteiger partial charge in [-0.3, -0.25) is 9.69 Å². The van der Waals surface area contributed by atoms with Gasteiger partial charge in [-0.25, -0.2) is 4.79 Å². The highest BCUT2D eigenvalue weighted by atomic mass is 16.5. The number of hydrogen-bond donors (Lipinski definition) is 3. The van der Waals surface area contributed by atoms with Crippen molar-refractivity contribution in [2.75, 3.05) is 23.1 Å². The third kappa shape index (κ3) is 3.43. The molecule has 1 fully saturated rings. The third-order valence-electron chi connectivity index (χ3n) is 5.62. The van der Waals surface area contributed by atoms with Crippen LogP contribution in [0, 0.1) is 5.92 Å². The van der Waals surface area contributed by atoms with Gasteiger partial charge in [0.1, 0.15) is 0 Å². The number of nitrogen functional groups attached to an aromatic ring is 1. The van der Waals surface area contributed by atoms with Gasteiger partial charge < -0.3 is 20.9 Å². The molecule has 0 aromatic heterocycles. The number of methoxy groups -OCH3 is 1. The second-order valence-electron chi connectivity index (χ2n) is 7.29. The number of hydrogen-bond acceptors (Lipinski definition) is 5. The van der Waals surface area contributed by atoms with E-state index in [0.29, 0.717) is 11.4 Å². The van der Waals surface area contributed by atoms with Crippen LogP contribution < -0.4 is 16.0 Å². The number of nitrogens with two attached hydrogens (primary N) is 1. The van der Waals surface area contributed by atoms with Gasteiger partial charge >= 0.3 is 12.1 Å². The maximum Gasteiger partial charge on any atom is 0.412 e. The second-order valence-corrected chi connectivity index (χ2v) is 7.29. The summed E-state index contributed by atoms with van der Waals surface area (Å²) in [5.41, 5.74) is 9.37. The lowest BCUT2D eigenvalue weighted by molar-refractivity contribution is -0.146. The summed E-state index contributed by atoms with van der Waals surface area (Å²) >= 11 is 0. The molecule has 1 heterocycles. The molecule has 7 heteroatoms. The van der Waals surface area contributed by atoms with Crippen LogP contribution >= 0.6 is 0 Å². The molecule has 0 unspecified atom stereocenters. The minimum atomic E-state index is -0.952. The number of carbonyl (C=O) groups is 2. The largest absolute Gasteiger partial charge is 0.469 e. The first-order valence-electron chi connectivity index (χ1n) is 9.20. The molecular formula is C19H27N3O4. The van der Waals surface area contributed by atoms with Crippen LogP contribution in [-0.4, -0.2) is 36.4 Å². The van der Waals surface area contributed by atoms with Crippen molar-refractivity contribution >= 4 is 29.1 Å². The van der Waals surface area contributed by atoms with Crippen LogP contribution in [0.4, 0.5) is 21.9 Å². The van der Waals surface area contributed by atoms with Gasteiger partial charge in [-0.05, 0) is 51.2 Å². The number of esters is 1. The molecule has 1 saturated carbocycles. The summed E-state index contributed by atoms with van der Waals surface area (Å²) in [6.07, 6.45) is 4.08. The van der Waals surface area contributed by atoms with Crippen molar-refractivity contribution in [2.24, 2.45) is 5.92 Å². The topological polar surface area (TPSA) is 105 Å². The fourth-order valence-corrected chi connectivity index (χ4v) is 4.20. The molecule has 2 aliphatic rings. The van der Waals surface area contributed by atoms with Crippen molar-refractivity contribution in [1.29, 1.82) is 0 Å². The van der Waals surface area contributed by atoms with E-state index in [1.54, 1.807) is 0 Å². The molecule has 26 heavy (non-hydrogen) atoms. The molecule has 0 spiro atoms. The smallest absolute Gasteiger partial charge is 0.412 e. The number of carboxylic acid groups (broad SMARTS) is 1. The van der Waals surface area contributed by atoms with Crippen molar-refractivity contribution in [3.63, 3.8) is 0 Å². The lowest BCUT2D eigenvalue weighted by Gasteiger charge is -2.35. The lowest BCUT2D eigenvalue weighted by Crippen LogP contribution is -2.41. The number of benzene rings is 1. The number of carbonyl (C=O) groups excluding carboxylic acids is 1. The van der Waals surface area contributed by atoms with E-state index in [1.807, 2.05) is 19.1 Å². The number of nitrogens with zero attached hydrogens (tertiary/aromatic N) is 1. The molecule has 1 aliphatic carbocycles. The molecule has 3 atom stereocenters. The van der Waals surface area contributed by atoms with E-state index in [-0.39, 0.29) is 24.0 Å². The average molecular weight is 361 g/mol. The maximum atomic E-state index is 11.8.